The smallest absolute Gasteiger partial charge is 0.164 e. The molecule has 0 radical (unpaired) electrons. The quantitative estimate of drug-likeness (QED) is 0.123. The van der Waals surface area contributed by atoms with Gasteiger partial charge in [-0.3, -0.25) is 15.0 Å². The fourth-order valence-corrected chi connectivity index (χ4v) is 13.6. The second-order valence-corrected chi connectivity index (χ2v) is 23.6. The number of aromatic nitrogens is 9. The van der Waals surface area contributed by atoms with Crippen LogP contribution in [0.2, 0.25) is 0 Å². The highest BCUT2D eigenvalue weighted by molar-refractivity contribution is 6.15. The molecule has 0 amide bonds. The van der Waals surface area contributed by atoms with E-state index in [9.17, 15) is 0 Å². The number of hydrogen-bond donors (Lipinski definition) is 0. The van der Waals surface area contributed by atoms with Crippen LogP contribution in [-0.4, -0.2) is 44.9 Å². The summed E-state index contributed by atoms with van der Waals surface area (Å²) in [5.41, 5.74) is 14.2. The molecule has 0 aliphatic carbocycles. The van der Waals surface area contributed by atoms with Crippen LogP contribution in [-0.2, 0) is 0 Å². The normalized spacial score (nSPS) is 11.6. The Morgan fingerprint density at radius 1 is 0.181 bits per heavy atom. The number of nitrogens with zero attached hydrogens (tertiary/aromatic N) is 9. The second-order valence-electron chi connectivity index (χ2n) is 23.6. The molecule has 18 aromatic rings. The van der Waals surface area contributed by atoms with Crippen LogP contribution in [0.3, 0.4) is 0 Å². The van der Waals surface area contributed by atoms with Gasteiger partial charge in [-0.05, 0) is 89.3 Å². The number of fused-ring (bicyclic) bond motifs is 9. The molecule has 9 nitrogen and oxygen atoms in total. The molecule has 13 aromatic carbocycles. The Kier molecular flexibility index (Phi) is 13.0. The van der Waals surface area contributed by atoms with Crippen LogP contribution in [0.25, 0.3) is 189 Å². The van der Waals surface area contributed by atoms with Crippen molar-refractivity contribution in [3.63, 3.8) is 0 Å². The van der Waals surface area contributed by atoms with Gasteiger partial charge < -0.3 is 0 Å². The molecule has 18 rings (SSSR count). The zero-order valence-corrected chi connectivity index (χ0v) is 50.5. The summed E-state index contributed by atoms with van der Waals surface area (Å²) in [5.74, 6) is 3.56. The Bertz CT molecular complexity index is 5890. The number of benzene rings is 13. The molecule has 0 N–H and O–H groups in total. The molecule has 436 valence electrons. The molecule has 0 saturated carbocycles. The van der Waals surface area contributed by atoms with Crippen molar-refractivity contribution in [1.29, 1.82) is 0 Å². The third-order valence-corrected chi connectivity index (χ3v) is 18.1. The van der Waals surface area contributed by atoms with Gasteiger partial charge in [0.25, 0.3) is 0 Å². The van der Waals surface area contributed by atoms with E-state index in [4.69, 9.17) is 44.9 Å². The van der Waals surface area contributed by atoms with Gasteiger partial charge >= 0.3 is 0 Å². The summed E-state index contributed by atoms with van der Waals surface area (Å²) >= 11 is 0. The van der Waals surface area contributed by atoms with Crippen LogP contribution in [0.5, 0.6) is 0 Å². The SMILES string of the molecule is c1ccc(-c2nc(-c3ccc(-c4nccc5ccccc45)cc3)nc(-c3ccc(-c4ncc(-c5ccnc6c(-c7ccc(-c8nc(-c9cc%10ccccc%10c%10ccccc9%10)nc(-c9cc%10ccccc%10c%10ccccc9%10)n8)cc7)cccc56)c5ccccc45)cc3)n2)cc1. The maximum absolute atomic E-state index is 5.39. The first-order valence-corrected chi connectivity index (χ1v) is 31.4. The molecule has 0 aliphatic heterocycles. The van der Waals surface area contributed by atoms with E-state index in [1.165, 1.54) is 10.8 Å². The highest BCUT2D eigenvalue weighted by Crippen LogP contribution is 2.42. The molecular formula is C85H51N9. The van der Waals surface area contributed by atoms with E-state index < -0.39 is 0 Å². The van der Waals surface area contributed by atoms with Crippen molar-refractivity contribution in [2.75, 3.05) is 0 Å². The summed E-state index contributed by atoms with van der Waals surface area (Å²) < 4.78 is 0. The minimum Gasteiger partial charge on any atom is -0.256 e. The Balaban J connectivity index is 0.685. The van der Waals surface area contributed by atoms with Crippen molar-refractivity contribution in [3.05, 3.63) is 310 Å². The van der Waals surface area contributed by atoms with Crippen LogP contribution >= 0.6 is 0 Å². The Morgan fingerprint density at radius 2 is 0.564 bits per heavy atom. The maximum Gasteiger partial charge on any atom is 0.164 e. The third kappa shape index (κ3) is 9.45. The lowest BCUT2D eigenvalue weighted by molar-refractivity contribution is 1.07. The molecule has 0 aliphatic rings. The zero-order chi connectivity index (χ0) is 62.1. The monoisotopic (exact) mass is 1200 g/mol. The average Bonchev–Trinajstić information content (AvgIpc) is 0.870. The van der Waals surface area contributed by atoms with Crippen molar-refractivity contribution < 1.29 is 0 Å². The molecule has 5 aromatic heterocycles. The highest BCUT2D eigenvalue weighted by atomic mass is 15.0. The number of para-hydroxylation sites is 1. The first-order valence-electron chi connectivity index (χ1n) is 31.4. The van der Waals surface area contributed by atoms with E-state index in [-0.39, 0.29) is 0 Å². The van der Waals surface area contributed by atoms with E-state index in [1.54, 1.807) is 0 Å². The Morgan fingerprint density at radius 3 is 1.12 bits per heavy atom. The molecule has 0 atom stereocenters. The summed E-state index contributed by atoms with van der Waals surface area (Å²) in [6.07, 6.45) is 5.78. The predicted molar refractivity (Wildman–Crippen MR) is 383 cm³/mol. The lowest BCUT2D eigenvalue weighted by Crippen LogP contribution is -2.01. The Labute approximate surface area is 540 Å². The van der Waals surface area contributed by atoms with Gasteiger partial charge in [-0.2, -0.15) is 0 Å². The van der Waals surface area contributed by atoms with Gasteiger partial charge in [-0.1, -0.05) is 267 Å². The molecular weight excluding hydrogens is 1150 g/mol. The van der Waals surface area contributed by atoms with Gasteiger partial charge in [0.05, 0.1) is 16.9 Å². The number of hydrogen-bond acceptors (Lipinski definition) is 9. The maximum atomic E-state index is 5.39. The minimum absolute atomic E-state index is 0.576. The standard InChI is InChI=1S/C85H51N9/c1-2-18-56(19-3-1)80-89-81(58-41-35-54(36-42-58)77-64-24-9-4-17-52(64)45-47-86-77)91-82(90-80)59-43-37-55(38-44-59)78-72-30-15-14-29-70(72)76(51-88-78)71-46-48-87-79-65(31-16-32-73(71)79)53-33-39-57(40-34-53)83-92-84(74-49-60-20-5-7-22-62(60)66-25-10-12-27-68(66)74)94-85(93-83)75-50-61-21-6-8-23-63(61)67-26-11-13-28-69(67)75/h1-51H. The van der Waals surface area contributed by atoms with E-state index in [0.717, 1.165) is 143 Å². The van der Waals surface area contributed by atoms with Crippen molar-refractivity contribution in [2.24, 2.45) is 0 Å². The van der Waals surface area contributed by atoms with Crippen LogP contribution in [0.15, 0.2) is 310 Å². The summed E-state index contributed by atoms with van der Waals surface area (Å²) in [7, 11) is 0. The first-order chi connectivity index (χ1) is 46.6. The summed E-state index contributed by atoms with van der Waals surface area (Å²) in [5, 5.41) is 14.5. The summed E-state index contributed by atoms with van der Waals surface area (Å²) in [4.78, 5) is 46.4. The Hall–Kier alpha value is -12.9. The van der Waals surface area contributed by atoms with E-state index in [2.05, 4.69) is 249 Å². The van der Waals surface area contributed by atoms with Crippen LogP contribution in [0.1, 0.15) is 0 Å². The lowest BCUT2D eigenvalue weighted by atomic mass is 9.93. The third-order valence-electron chi connectivity index (χ3n) is 18.1. The first kappa shape index (κ1) is 54.1. The molecule has 0 unspecified atom stereocenters. The molecule has 9 heteroatoms. The van der Waals surface area contributed by atoms with Gasteiger partial charge in [-0.25, -0.2) is 29.9 Å². The van der Waals surface area contributed by atoms with Crippen molar-refractivity contribution >= 4 is 75.5 Å². The summed E-state index contributed by atoms with van der Waals surface area (Å²) in [6.45, 7) is 0. The fourth-order valence-electron chi connectivity index (χ4n) is 13.6. The predicted octanol–water partition coefficient (Wildman–Crippen LogP) is 21.0. The minimum atomic E-state index is 0.576. The largest absolute Gasteiger partial charge is 0.256 e. The van der Waals surface area contributed by atoms with E-state index in [0.29, 0.717) is 34.9 Å². The summed E-state index contributed by atoms with van der Waals surface area (Å²) in [6, 6.07) is 101. The van der Waals surface area contributed by atoms with Crippen LogP contribution in [0.4, 0.5) is 0 Å². The van der Waals surface area contributed by atoms with Gasteiger partial charge in [0.1, 0.15) is 0 Å². The fraction of sp³-hybridized carbons (Fsp3) is 0. The molecule has 5 heterocycles. The topological polar surface area (TPSA) is 116 Å². The van der Waals surface area contributed by atoms with Gasteiger partial charge in [0, 0.05) is 90.4 Å². The van der Waals surface area contributed by atoms with Crippen molar-refractivity contribution in [1.82, 2.24) is 44.9 Å². The van der Waals surface area contributed by atoms with Crippen molar-refractivity contribution in [2.45, 2.75) is 0 Å². The van der Waals surface area contributed by atoms with E-state index >= 15 is 0 Å². The molecule has 0 saturated heterocycles. The van der Waals surface area contributed by atoms with Crippen LogP contribution in [0, 0.1) is 0 Å². The van der Waals surface area contributed by atoms with Crippen molar-refractivity contribution in [3.8, 4) is 113 Å². The number of pyridine rings is 3. The van der Waals surface area contributed by atoms with Gasteiger partial charge in [0.15, 0.2) is 34.9 Å². The number of rotatable bonds is 10. The molecule has 0 bridgehead atoms. The van der Waals surface area contributed by atoms with Gasteiger partial charge in [-0.15, -0.1) is 0 Å². The van der Waals surface area contributed by atoms with Gasteiger partial charge in [0.2, 0.25) is 0 Å². The van der Waals surface area contributed by atoms with E-state index in [1.807, 2.05) is 61.1 Å². The average molecular weight is 1200 g/mol. The van der Waals surface area contributed by atoms with Crippen LogP contribution < -0.4 is 0 Å². The molecule has 0 fully saturated rings. The molecule has 94 heavy (non-hydrogen) atoms. The molecule has 0 spiro atoms. The highest BCUT2D eigenvalue weighted by Gasteiger charge is 2.21. The second kappa shape index (κ2) is 22.6. The lowest BCUT2D eigenvalue weighted by Gasteiger charge is -2.15. The zero-order valence-electron chi connectivity index (χ0n) is 50.5.